The van der Waals surface area contributed by atoms with Gasteiger partial charge in [-0.05, 0) is 61.6 Å². The Hall–Kier alpha value is -3.83. The fraction of sp³-hybridized carbons (Fsp3) is 0.414. The van der Waals surface area contributed by atoms with Gasteiger partial charge in [0.2, 0.25) is 5.91 Å². The van der Waals surface area contributed by atoms with Crippen LogP contribution in [0, 0.1) is 6.92 Å². The zero-order valence-electron chi connectivity index (χ0n) is 22.8. The lowest BCUT2D eigenvalue weighted by molar-refractivity contribution is -0.130. The highest BCUT2D eigenvalue weighted by Crippen LogP contribution is 2.30. The van der Waals surface area contributed by atoms with Crippen LogP contribution in [0.2, 0.25) is 0 Å². The van der Waals surface area contributed by atoms with E-state index in [2.05, 4.69) is 25.1 Å². The first-order chi connectivity index (χ1) is 19.5. The number of nitrogens with one attached hydrogen (secondary N) is 2. The van der Waals surface area contributed by atoms with Crippen LogP contribution in [0.1, 0.15) is 44.1 Å². The molecule has 11 heteroatoms. The van der Waals surface area contributed by atoms with Crippen molar-refractivity contribution < 1.29 is 14.4 Å². The third-order valence-corrected chi connectivity index (χ3v) is 8.19. The van der Waals surface area contributed by atoms with Crippen molar-refractivity contribution in [3.63, 3.8) is 0 Å². The molecule has 0 spiro atoms. The topological polar surface area (TPSA) is 111 Å². The smallest absolute Gasteiger partial charge is 0.269 e. The summed E-state index contributed by atoms with van der Waals surface area (Å²) in [6.07, 6.45) is 2.08. The Kier molecular flexibility index (Phi) is 9.02. The zero-order valence-corrected chi connectivity index (χ0v) is 23.6. The van der Waals surface area contributed by atoms with Crippen molar-refractivity contribution in [3.8, 4) is 0 Å². The average Bonchev–Trinajstić information content (AvgIpc) is 3.15. The Balaban J connectivity index is 1.36. The van der Waals surface area contributed by atoms with Crippen molar-refractivity contribution in [1.82, 2.24) is 24.7 Å². The molecule has 0 unspecified atom stereocenters. The molecule has 3 aromatic rings. The number of rotatable bonds is 6. The number of aryl methyl sites for hydroxylation is 1. The Labute approximate surface area is 238 Å². The van der Waals surface area contributed by atoms with Crippen LogP contribution in [-0.4, -0.2) is 89.5 Å². The molecule has 0 bridgehead atoms. The largest absolute Gasteiger partial charge is 0.368 e. The molecule has 1 aromatic heterocycles. The molecule has 210 valence electrons. The van der Waals surface area contributed by atoms with Crippen LogP contribution < -0.4 is 15.5 Å². The SMILES string of the molecule is Cc1nnsc1C(=O)Nc1cc(C(=O)N2CCCNCC2)ccc1N1CCCN(C(=O)Cc2ccccc2)CC1. The van der Waals surface area contributed by atoms with Gasteiger partial charge in [0.15, 0.2) is 0 Å². The number of amides is 3. The summed E-state index contributed by atoms with van der Waals surface area (Å²) in [4.78, 5) is 46.0. The molecule has 40 heavy (non-hydrogen) atoms. The summed E-state index contributed by atoms with van der Waals surface area (Å²) in [7, 11) is 0. The lowest BCUT2D eigenvalue weighted by Crippen LogP contribution is -2.36. The fourth-order valence-corrected chi connectivity index (χ4v) is 5.74. The molecule has 0 atom stereocenters. The highest BCUT2D eigenvalue weighted by molar-refractivity contribution is 7.08. The van der Waals surface area contributed by atoms with E-state index in [0.29, 0.717) is 61.0 Å². The van der Waals surface area contributed by atoms with E-state index in [1.807, 2.05) is 52.3 Å². The van der Waals surface area contributed by atoms with E-state index in [4.69, 9.17) is 0 Å². The van der Waals surface area contributed by atoms with Crippen LogP contribution in [0.3, 0.4) is 0 Å². The molecule has 2 N–H and O–H groups in total. The number of carbonyl (C=O) groups is 3. The molecule has 0 radical (unpaired) electrons. The Bertz CT molecular complexity index is 1340. The van der Waals surface area contributed by atoms with Crippen LogP contribution in [0.25, 0.3) is 0 Å². The van der Waals surface area contributed by atoms with Crippen molar-refractivity contribution in [3.05, 3.63) is 70.2 Å². The van der Waals surface area contributed by atoms with Crippen LogP contribution >= 0.6 is 11.5 Å². The quantitative estimate of drug-likeness (QED) is 0.476. The third-order valence-electron chi connectivity index (χ3n) is 7.36. The molecule has 5 rings (SSSR count). The predicted octanol–water partition coefficient (Wildman–Crippen LogP) is 2.82. The maximum absolute atomic E-state index is 13.4. The molecule has 2 aliphatic rings. The molecule has 3 amide bonds. The minimum absolute atomic E-state index is 0.0464. The van der Waals surface area contributed by atoms with Gasteiger partial charge in [0.25, 0.3) is 11.8 Å². The minimum atomic E-state index is -0.299. The number of anilines is 2. The maximum Gasteiger partial charge on any atom is 0.269 e. The first kappa shape index (κ1) is 27.7. The molecule has 2 saturated heterocycles. The van der Waals surface area contributed by atoms with E-state index in [9.17, 15) is 14.4 Å². The van der Waals surface area contributed by atoms with Gasteiger partial charge >= 0.3 is 0 Å². The number of aromatic nitrogens is 2. The van der Waals surface area contributed by atoms with Crippen molar-refractivity contribution in [2.75, 3.05) is 62.6 Å². The van der Waals surface area contributed by atoms with Gasteiger partial charge in [-0.15, -0.1) is 5.10 Å². The number of nitrogens with zero attached hydrogens (tertiary/aromatic N) is 5. The van der Waals surface area contributed by atoms with Crippen molar-refractivity contribution >= 4 is 40.6 Å². The van der Waals surface area contributed by atoms with E-state index < -0.39 is 0 Å². The summed E-state index contributed by atoms with van der Waals surface area (Å²) >= 11 is 1.05. The van der Waals surface area contributed by atoms with Gasteiger partial charge < -0.3 is 25.3 Å². The predicted molar refractivity (Wildman–Crippen MR) is 156 cm³/mol. The van der Waals surface area contributed by atoms with Gasteiger partial charge in [-0.2, -0.15) is 0 Å². The molecular weight excluding hydrogens is 526 g/mol. The fourth-order valence-electron chi connectivity index (χ4n) is 5.19. The van der Waals surface area contributed by atoms with Crippen LogP contribution in [-0.2, 0) is 11.2 Å². The molecule has 2 aromatic carbocycles. The summed E-state index contributed by atoms with van der Waals surface area (Å²) in [6.45, 7) is 7.35. The van der Waals surface area contributed by atoms with Crippen LogP contribution in [0.4, 0.5) is 11.4 Å². The van der Waals surface area contributed by atoms with Gasteiger partial charge in [0.1, 0.15) is 4.88 Å². The maximum atomic E-state index is 13.4. The van der Waals surface area contributed by atoms with Gasteiger partial charge in [-0.25, -0.2) is 0 Å². The number of benzene rings is 2. The average molecular weight is 562 g/mol. The normalized spacial score (nSPS) is 16.3. The Morgan fingerprint density at radius 2 is 1.75 bits per heavy atom. The second kappa shape index (κ2) is 13.0. The lowest BCUT2D eigenvalue weighted by atomic mass is 10.1. The molecule has 10 nitrogen and oxygen atoms in total. The molecule has 3 heterocycles. The van der Waals surface area contributed by atoms with E-state index in [1.54, 1.807) is 13.0 Å². The van der Waals surface area contributed by atoms with Crippen LogP contribution in [0.15, 0.2) is 48.5 Å². The lowest BCUT2D eigenvalue weighted by Gasteiger charge is -2.27. The highest BCUT2D eigenvalue weighted by atomic mass is 32.1. The highest BCUT2D eigenvalue weighted by Gasteiger charge is 2.25. The molecule has 2 aliphatic heterocycles. The zero-order chi connectivity index (χ0) is 27.9. The molecular formula is C29H35N7O3S. The number of carbonyl (C=O) groups excluding carboxylic acids is 3. The second-order valence-electron chi connectivity index (χ2n) is 10.2. The standard InChI is InChI=1S/C29H35N7O3S/c1-21-27(40-33-32-21)28(38)31-24-20-23(29(39)36-13-5-11-30-12-16-36)9-10-25(24)34-14-6-15-35(18-17-34)26(37)19-22-7-3-2-4-8-22/h2-4,7-10,20,30H,5-6,11-19H2,1H3,(H,31,38). The first-order valence-corrected chi connectivity index (χ1v) is 14.6. The number of hydrogen-bond donors (Lipinski definition) is 2. The number of hydrogen-bond acceptors (Lipinski definition) is 8. The van der Waals surface area contributed by atoms with Crippen LogP contribution in [0.5, 0.6) is 0 Å². The van der Waals surface area contributed by atoms with Gasteiger partial charge in [-0.1, -0.05) is 34.8 Å². The summed E-state index contributed by atoms with van der Waals surface area (Å²) in [5, 5.41) is 10.3. The first-order valence-electron chi connectivity index (χ1n) is 13.8. The Morgan fingerprint density at radius 3 is 2.55 bits per heavy atom. The molecule has 0 saturated carbocycles. The summed E-state index contributed by atoms with van der Waals surface area (Å²) in [5.41, 5.74) is 3.51. The van der Waals surface area contributed by atoms with E-state index in [0.717, 1.165) is 55.3 Å². The molecule has 0 aliphatic carbocycles. The molecule has 2 fully saturated rings. The van der Waals surface area contributed by atoms with Gasteiger partial charge in [0, 0.05) is 51.4 Å². The monoisotopic (exact) mass is 561 g/mol. The third kappa shape index (κ3) is 6.65. The van der Waals surface area contributed by atoms with E-state index in [1.165, 1.54) is 0 Å². The van der Waals surface area contributed by atoms with Crippen molar-refractivity contribution in [2.45, 2.75) is 26.2 Å². The van der Waals surface area contributed by atoms with Crippen molar-refractivity contribution in [2.24, 2.45) is 0 Å². The summed E-state index contributed by atoms with van der Waals surface area (Å²) in [6, 6.07) is 15.3. The van der Waals surface area contributed by atoms with E-state index >= 15 is 0 Å². The van der Waals surface area contributed by atoms with Gasteiger partial charge in [0.05, 0.1) is 23.5 Å². The van der Waals surface area contributed by atoms with Crippen molar-refractivity contribution in [1.29, 1.82) is 0 Å². The summed E-state index contributed by atoms with van der Waals surface area (Å²) < 4.78 is 3.90. The summed E-state index contributed by atoms with van der Waals surface area (Å²) in [5.74, 6) is -0.232. The minimum Gasteiger partial charge on any atom is -0.368 e. The second-order valence-corrected chi connectivity index (χ2v) is 10.9. The van der Waals surface area contributed by atoms with E-state index in [-0.39, 0.29) is 17.7 Å². The van der Waals surface area contributed by atoms with Gasteiger partial charge in [-0.3, -0.25) is 14.4 Å². The Morgan fingerprint density at radius 1 is 0.925 bits per heavy atom.